The maximum atomic E-state index is 17.1. The highest BCUT2D eigenvalue weighted by Gasteiger charge is 2.80. The molecule has 0 aromatic rings. The molecule has 0 aromatic carbocycles. The summed E-state index contributed by atoms with van der Waals surface area (Å²) < 4.78 is 44.8. The Hall–Kier alpha value is -1.48. The highest BCUT2D eigenvalue weighted by atomic mass is 19.1. The highest BCUT2D eigenvalue weighted by Crippen LogP contribution is 2.72. The molecule has 0 bridgehead atoms. The van der Waals surface area contributed by atoms with E-state index in [1.807, 2.05) is 0 Å². The molecular weight excluding hydrogens is 422 g/mol. The van der Waals surface area contributed by atoms with Crippen LogP contribution < -0.4 is 0 Å². The molecule has 4 fully saturated rings. The fraction of sp³-hybridized carbons (Fsp3) is 0.750. The van der Waals surface area contributed by atoms with Gasteiger partial charge in [0.2, 0.25) is 0 Å². The minimum atomic E-state index is -2.24. The van der Waals surface area contributed by atoms with Crippen molar-refractivity contribution in [2.24, 2.45) is 22.7 Å². The van der Waals surface area contributed by atoms with E-state index in [1.165, 1.54) is 19.1 Å². The Morgan fingerprint density at radius 1 is 1.22 bits per heavy atom. The molecule has 6 unspecified atom stereocenters. The largest absolute Gasteiger partial charge is 0.390 e. The van der Waals surface area contributed by atoms with E-state index in [4.69, 9.17) is 9.47 Å². The first-order valence-electron chi connectivity index (χ1n) is 11.3. The Morgan fingerprint density at radius 2 is 1.91 bits per heavy atom. The van der Waals surface area contributed by atoms with E-state index in [1.54, 1.807) is 20.8 Å². The number of hydrogen-bond donors (Lipinski definition) is 2. The molecule has 1 saturated heterocycles. The molecule has 5 aliphatic rings. The second kappa shape index (κ2) is 6.34. The maximum absolute atomic E-state index is 17.1. The molecule has 0 spiro atoms. The smallest absolute Gasteiger partial charge is 0.193 e. The molecule has 2 N–H and O–H groups in total. The van der Waals surface area contributed by atoms with Gasteiger partial charge in [0.1, 0.15) is 12.8 Å². The zero-order valence-corrected chi connectivity index (χ0v) is 18.7. The zero-order valence-electron chi connectivity index (χ0n) is 18.7. The Morgan fingerprint density at radius 3 is 2.56 bits per heavy atom. The van der Waals surface area contributed by atoms with Gasteiger partial charge in [0.15, 0.2) is 28.6 Å². The lowest BCUT2D eigenvalue weighted by atomic mass is 9.44. The first-order chi connectivity index (χ1) is 14.8. The molecule has 8 heteroatoms. The Kier molecular flexibility index (Phi) is 4.42. The van der Waals surface area contributed by atoms with Crippen molar-refractivity contribution in [3.63, 3.8) is 0 Å². The van der Waals surface area contributed by atoms with Gasteiger partial charge < -0.3 is 19.7 Å². The summed E-state index contributed by atoms with van der Waals surface area (Å²) in [4.78, 5) is 25.1. The van der Waals surface area contributed by atoms with Gasteiger partial charge >= 0.3 is 0 Å². The van der Waals surface area contributed by atoms with Crippen LogP contribution in [0.1, 0.15) is 47.0 Å². The molecule has 32 heavy (non-hydrogen) atoms. The fourth-order valence-corrected chi connectivity index (χ4v) is 7.92. The molecule has 4 aliphatic carbocycles. The summed E-state index contributed by atoms with van der Waals surface area (Å²) in [6, 6.07) is 0. The Bertz CT molecular complexity index is 960. The van der Waals surface area contributed by atoms with Crippen molar-refractivity contribution in [2.45, 2.75) is 82.4 Å². The van der Waals surface area contributed by atoms with E-state index in [9.17, 15) is 19.8 Å². The molecule has 9 atom stereocenters. The molecule has 1 aliphatic heterocycles. The first kappa shape index (κ1) is 22.3. The lowest BCUT2D eigenvalue weighted by Crippen LogP contribution is -2.71. The number of aliphatic hydroxyl groups is 2. The molecular formula is C24H30F2O6. The Balaban J connectivity index is 1.66. The normalized spacial score (nSPS) is 53.2. The minimum Gasteiger partial charge on any atom is -0.390 e. The standard InChI is InChI=1S/C24H30F2O6/c1-20(2)31-19-9-13-14-8-16(25)15-7-12(28)5-6-21(15,3)23(14,26)17(29)10-22(13,4)24(19,32-20)18(30)11-27/h5-7,13-14,16-17,19,27,29H,8-11H2,1-4H3/t13?,14?,16-,17-,19?,21?,22?,23-,24?/m0/s1. The van der Waals surface area contributed by atoms with Gasteiger partial charge in [-0.2, -0.15) is 0 Å². The van der Waals surface area contributed by atoms with Crippen LogP contribution in [0.5, 0.6) is 0 Å². The molecule has 1 heterocycles. The molecule has 6 nitrogen and oxygen atoms in total. The molecule has 5 rings (SSSR count). The van der Waals surface area contributed by atoms with Crippen molar-refractivity contribution in [1.82, 2.24) is 0 Å². The number of carbonyl (C=O) groups excluding carboxylic acids is 2. The average molecular weight is 452 g/mol. The predicted molar refractivity (Wildman–Crippen MR) is 109 cm³/mol. The Labute approximate surface area is 185 Å². The molecule has 0 radical (unpaired) electrons. The van der Waals surface area contributed by atoms with E-state index in [2.05, 4.69) is 0 Å². The van der Waals surface area contributed by atoms with Crippen molar-refractivity contribution in [3.05, 3.63) is 23.8 Å². The summed E-state index contributed by atoms with van der Waals surface area (Å²) in [5.41, 5.74) is -6.30. The van der Waals surface area contributed by atoms with Gasteiger partial charge in [-0.1, -0.05) is 13.0 Å². The number of fused-ring (bicyclic) bond motifs is 7. The van der Waals surface area contributed by atoms with Crippen LogP contribution in [0.15, 0.2) is 23.8 Å². The van der Waals surface area contributed by atoms with Crippen LogP contribution in [-0.4, -0.2) is 63.8 Å². The summed E-state index contributed by atoms with van der Waals surface area (Å²) in [6.45, 7) is 5.87. The summed E-state index contributed by atoms with van der Waals surface area (Å²) in [5, 5.41) is 21.1. The lowest BCUT2D eigenvalue weighted by Gasteiger charge is -2.63. The summed E-state index contributed by atoms with van der Waals surface area (Å²) >= 11 is 0. The molecule has 0 aromatic heterocycles. The van der Waals surface area contributed by atoms with Crippen LogP contribution in [-0.2, 0) is 19.1 Å². The van der Waals surface area contributed by atoms with Crippen LogP contribution >= 0.6 is 0 Å². The van der Waals surface area contributed by atoms with Gasteiger partial charge in [-0.15, -0.1) is 0 Å². The number of alkyl halides is 2. The van der Waals surface area contributed by atoms with Gasteiger partial charge in [0, 0.05) is 16.7 Å². The summed E-state index contributed by atoms with van der Waals surface area (Å²) in [6.07, 6.45) is -0.151. The topological polar surface area (TPSA) is 93.1 Å². The fourth-order valence-electron chi connectivity index (χ4n) is 7.92. The number of allylic oxidation sites excluding steroid dienone is 4. The van der Waals surface area contributed by atoms with Crippen LogP contribution in [0.4, 0.5) is 8.78 Å². The number of rotatable bonds is 2. The van der Waals surface area contributed by atoms with Crippen molar-refractivity contribution < 1.29 is 38.1 Å². The second-order valence-corrected chi connectivity index (χ2v) is 11.0. The number of hydrogen-bond acceptors (Lipinski definition) is 6. The van der Waals surface area contributed by atoms with E-state index < -0.39 is 76.3 Å². The van der Waals surface area contributed by atoms with Gasteiger partial charge in [-0.25, -0.2) is 8.78 Å². The summed E-state index contributed by atoms with van der Waals surface area (Å²) in [5.74, 6) is -3.53. The van der Waals surface area contributed by atoms with E-state index in [-0.39, 0.29) is 24.8 Å². The second-order valence-electron chi connectivity index (χ2n) is 11.0. The zero-order chi connectivity index (χ0) is 23.5. The lowest BCUT2D eigenvalue weighted by molar-refractivity contribution is -0.248. The quantitative estimate of drug-likeness (QED) is 0.668. The van der Waals surface area contributed by atoms with Gasteiger partial charge in [-0.05, 0) is 63.7 Å². The number of aliphatic hydroxyl groups excluding tert-OH is 2. The molecule has 176 valence electrons. The van der Waals surface area contributed by atoms with E-state index in [0.29, 0.717) is 0 Å². The van der Waals surface area contributed by atoms with Crippen LogP contribution in [0.25, 0.3) is 0 Å². The number of Topliss-reactive ketones (excluding diaryl/α,β-unsaturated/α-hetero) is 1. The van der Waals surface area contributed by atoms with Crippen LogP contribution in [0.2, 0.25) is 0 Å². The van der Waals surface area contributed by atoms with E-state index >= 15 is 8.78 Å². The first-order valence-corrected chi connectivity index (χ1v) is 11.3. The minimum absolute atomic E-state index is 0.0550. The number of halogens is 2. The van der Waals surface area contributed by atoms with Gasteiger partial charge in [0.05, 0.1) is 12.2 Å². The van der Waals surface area contributed by atoms with Gasteiger partial charge in [-0.3, -0.25) is 9.59 Å². The number of carbonyl (C=O) groups is 2. The average Bonchev–Trinajstić information content (AvgIpc) is 3.11. The molecule has 0 amide bonds. The van der Waals surface area contributed by atoms with Crippen molar-refractivity contribution in [2.75, 3.05) is 6.61 Å². The van der Waals surface area contributed by atoms with Crippen molar-refractivity contribution >= 4 is 11.6 Å². The third kappa shape index (κ3) is 2.32. The third-order valence-electron chi connectivity index (χ3n) is 9.18. The SMILES string of the molecule is CC1(C)OC2CC3C4C[C@H](F)C5=CC(=O)C=CC5(C)[C@@]4(F)[C@@H](O)CC3(C)C2(C(=O)CO)O1. The monoisotopic (exact) mass is 452 g/mol. The molecule has 3 saturated carbocycles. The number of ether oxygens (including phenoxy) is 2. The predicted octanol–water partition coefficient (Wildman–Crippen LogP) is 2.37. The van der Waals surface area contributed by atoms with E-state index in [0.717, 1.165) is 6.08 Å². The van der Waals surface area contributed by atoms with Crippen molar-refractivity contribution in [3.8, 4) is 0 Å². The number of ketones is 2. The van der Waals surface area contributed by atoms with Gasteiger partial charge in [0.25, 0.3) is 0 Å². The van der Waals surface area contributed by atoms with Crippen molar-refractivity contribution in [1.29, 1.82) is 0 Å². The maximum Gasteiger partial charge on any atom is 0.193 e. The van der Waals surface area contributed by atoms with Crippen LogP contribution in [0, 0.1) is 22.7 Å². The third-order valence-corrected chi connectivity index (χ3v) is 9.18. The highest BCUT2D eigenvalue weighted by molar-refractivity contribution is 6.01. The van der Waals surface area contributed by atoms with Crippen LogP contribution in [0.3, 0.4) is 0 Å². The summed E-state index contributed by atoms with van der Waals surface area (Å²) in [7, 11) is 0.